The van der Waals surface area contributed by atoms with Crippen LogP contribution in [0.4, 0.5) is 0 Å². The summed E-state index contributed by atoms with van der Waals surface area (Å²) in [7, 11) is 0. The van der Waals surface area contributed by atoms with E-state index in [0.717, 1.165) is 6.42 Å². The van der Waals surface area contributed by atoms with E-state index in [4.69, 9.17) is 15.2 Å². The number of nitrogens with zero attached hydrogens (tertiary/aromatic N) is 1. The van der Waals surface area contributed by atoms with Crippen LogP contribution in [-0.2, 0) is 0 Å². The molecule has 2 N–H and O–H groups in total. The average Bonchev–Trinajstić information content (AvgIpc) is 2.51. The number of likely N-dealkylation sites (tertiary alicyclic amines) is 1. The molecule has 24 heavy (non-hydrogen) atoms. The van der Waals surface area contributed by atoms with Crippen molar-refractivity contribution < 1.29 is 14.3 Å². The van der Waals surface area contributed by atoms with Gasteiger partial charge < -0.3 is 20.1 Å². The molecule has 0 aliphatic carbocycles. The molecule has 1 aromatic rings. The lowest BCUT2D eigenvalue weighted by Gasteiger charge is -2.42. The number of carbonyl (C=O) groups excluding carboxylic acids is 1. The van der Waals surface area contributed by atoms with Crippen molar-refractivity contribution in [3.8, 4) is 11.5 Å². The molecule has 1 fully saturated rings. The molecule has 1 aliphatic heterocycles. The first-order valence-corrected chi connectivity index (χ1v) is 8.33. The first kappa shape index (κ1) is 20.6. The van der Waals surface area contributed by atoms with E-state index >= 15 is 0 Å². The minimum atomic E-state index is -0.0675. The number of amides is 1. The number of halogens is 1. The molecule has 0 radical (unpaired) electrons. The van der Waals surface area contributed by atoms with Gasteiger partial charge in [0.05, 0.1) is 13.2 Å². The average molecular weight is 357 g/mol. The van der Waals surface area contributed by atoms with Crippen molar-refractivity contribution in [2.24, 2.45) is 11.1 Å². The molecule has 1 aliphatic rings. The molecule has 1 heterocycles. The van der Waals surface area contributed by atoms with Gasteiger partial charge in [-0.05, 0) is 43.9 Å². The highest BCUT2D eigenvalue weighted by Gasteiger charge is 2.35. The van der Waals surface area contributed by atoms with Crippen molar-refractivity contribution in [1.29, 1.82) is 0 Å². The quantitative estimate of drug-likeness (QED) is 0.880. The summed E-state index contributed by atoms with van der Waals surface area (Å²) in [6.45, 7) is 10.5. The van der Waals surface area contributed by atoms with E-state index in [1.54, 1.807) is 12.1 Å². The number of piperidine rings is 1. The second-order valence-corrected chi connectivity index (χ2v) is 6.64. The summed E-state index contributed by atoms with van der Waals surface area (Å²) in [6.07, 6.45) is 0.827. The monoisotopic (exact) mass is 356 g/mol. The van der Waals surface area contributed by atoms with Crippen LogP contribution in [0.25, 0.3) is 0 Å². The second-order valence-electron chi connectivity index (χ2n) is 6.64. The minimum Gasteiger partial charge on any atom is -0.490 e. The van der Waals surface area contributed by atoms with Gasteiger partial charge in [0, 0.05) is 24.7 Å². The zero-order valence-electron chi connectivity index (χ0n) is 15.0. The Bertz CT molecular complexity index is 563. The largest absolute Gasteiger partial charge is 0.490 e. The normalized spacial score (nSPS) is 19.4. The fourth-order valence-electron chi connectivity index (χ4n) is 2.91. The molecule has 1 atom stereocenters. The van der Waals surface area contributed by atoms with Gasteiger partial charge in [-0.1, -0.05) is 13.8 Å². The van der Waals surface area contributed by atoms with Crippen LogP contribution in [0.5, 0.6) is 11.5 Å². The number of ether oxygens (including phenoxy) is 2. The van der Waals surface area contributed by atoms with Crippen molar-refractivity contribution in [2.75, 3.05) is 26.3 Å². The fraction of sp³-hybridized carbons (Fsp3) is 0.611. The van der Waals surface area contributed by atoms with E-state index in [1.165, 1.54) is 0 Å². The maximum atomic E-state index is 12.8. The van der Waals surface area contributed by atoms with Crippen molar-refractivity contribution in [3.05, 3.63) is 23.8 Å². The molecule has 0 saturated carbocycles. The molecule has 6 heteroatoms. The molecular formula is C18H29ClN2O3. The standard InChI is InChI=1S/C18H28N2O3.ClH/c1-5-22-14-8-7-13(11-15(14)23-6-2)17(21)20-10-9-16(19)18(3,4)12-20;/h7-8,11,16H,5-6,9-10,12,19H2,1-4H3;1H. The number of carbonyl (C=O) groups is 1. The van der Waals surface area contributed by atoms with Gasteiger partial charge in [0.2, 0.25) is 0 Å². The third kappa shape index (κ3) is 4.54. The van der Waals surface area contributed by atoms with Gasteiger partial charge in [-0.15, -0.1) is 12.4 Å². The fourth-order valence-corrected chi connectivity index (χ4v) is 2.91. The van der Waals surface area contributed by atoms with Crippen LogP contribution in [0.3, 0.4) is 0 Å². The lowest BCUT2D eigenvalue weighted by molar-refractivity contribution is 0.0532. The van der Waals surface area contributed by atoms with Gasteiger partial charge in [0.1, 0.15) is 0 Å². The molecule has 5 nitrogen and oxygen atoms in total. The molecule has 1 unspecified atom stereocenters. The van der Waals surface area contributed by atoms with Gasteiger partial charge in [0.15, 0.2) is 11.5 Å². The Morgan fingerprint density at radius 3 is 2.46 bits per heavy atom. The Morgan fingerprint density at radius 1 is 1.25 bits per heavy atom. The van der Waals surface area contributed by atoms with Crippen LogP contribution in [0.2, 0.25) is 0 Å². The molecule has 0 bridgehead atoms. The molecule has 136 valence electrons. The smallest absolute Gasteiger partial charge is 0.254 e. The molecule has 1 aromatic carbocycles. The summed E-state index contributed by atoms with van der Waals surface area (Å²) in [6, 6.07) is 5.52. The van der Waals surface area contributed by atoms with Crippen LogP contribution >= 0.6 is 12.4 Å². The number of hydrogen-bond donors (Lipinski definition) is 1. The number of rotatable bonds is 5. The van der Waals surface area contributed by atoms with Crippen molar-refractivity contribution in [1.82, 2.24) is 4.90 Å². The van der Waals surface area contributed by atoms with Gasteiger partial charge in [0.25, 0.3) is 5.91 Å². The van der Waals surface area contributed by atoms with Crippen LogP contribution in [0.1, 0.15) is 44.5 Å². The SMILES string of the molecule is CCOc1ccc(C(=O)N2CCC(N)C(C)(C)C2)cc1OCC.Cl. The zero-order valence-corrected chi connectivity index (χ0v) is 15.8. The highest BCUT2D eigenvalue weighted by atomic mass is 35.5. The van der Waals surface area contributed by atoms with Crippen molar-refractivity contribution >= 4 is 18.3 Å². The van der Waals surface area contributed by atoms with Crippen LogP contribution in [0, 0.1) is 5.41 Å². The van der Waals surface area contributed by atoms with Crippen molar-refractivity contribution in [3.63, 3.8) is 0 Å². The summed E-state index contributed by atoms with van der Waals surface area (Å²) >= 11 is 0. The Kier molecular flexibility index (Phi) is 7.36. The van der Waals surface area contributed by atoms with Gasteiger partial charge >= 0.3 is 0 Å². The lowest BCUT2D eigenvalue weighted by Crippen LogP contribution is -2.54. The zero-order chi connectivity index (χ0) is 17.0. The minimum absolute atomic E-state index is 0. The van der Waals surface area contributed by atoms with E-state index in [9.17, 15) is 4.79 Å². The summed E-state index contributed by atoms with van der Waals surface area (Å²) in [5, 5.41) is 0. The van der Waals surface area contributed by atoms with E-state index in [0.29, 0.717) is 43.4 Å². The Morgan fingerprint density at radius 2 is 1.88 bits per heavy atom. The van der Waals surface area contributed by atoms with Crippen LogP contribution < -0.4 is 15.2 Å². The highest BCUT2D eigenvalue weighted by Crippen LogP contribution is 2.31. The maximum absolute atomic E-state index is 12.8. The summed E-state index contributed by atoms with van der Waals surface area (Å²) in [5.41, 5.74) is 6.72. The van der Waals surface area contributed by atoms with Crippen LogP contribution in [-0.4, -0.2) is 43.2 Å². The molecule has 0 aromatic heterocycles. The van der Waals surface area contributed by atoms with E-state index < -0.39 is 0 Å². The van der Waals surface area contributed by atoms with Gasteiger partial charge in [-0.3, -0.25) is 4.79 Å². The number of benzene rings is 1. The number of hydrogen-bond acceptors (Lipinski definition) is 4. The third-order valence-corrected chi connectivity index (χ3v) is 4.39. The lowest BCUT2D eigenvalue weighted by atomic mass is 9.79. The van der Waals surface area contributed by atoms with E-state index in [-0.39, 0.29) is 29.8 Å². The second kappa shape index (κ2) is 8.58. The Balaban J connectivity index is 0.00000288. The Hall–Kier alpha value is -1.46. The topological polar surface area (TPSA) is 64.8 Å². The summed E-state index contributed by atoms with van der Waals surface area (Å²) in [5.74, 6) is 1.31. The van der Waals surface area contributed by atoms with Gasteiger partial charge in [-0.25, -0.2) is 0 Å². The molecule has 1 amide bonds. The first-order chi connectivity index (χ1) is 10.9. The maximum Gasteiger partial charge on any atom is 0.254 e. The molecule has 2 rings (SSSR count). The predicted molar refractivity (Wildman–Crippen MR) is 98.3 cm³/mol. The van der Waals surface area contributed by atoms with Gasteiger partial charge in [-0.2, -0.15) is 0 Å². The van der Waals surface area contributed by atoms with Crippen molar-refractivity contribution in [2.45, 2.75) is 40.2 Å². The highest BCUT2D eigenvalue weighted by molar-refractivity contribution is 5.95. The van der Waals surface area contributed by atoms with Crippen LogP contribution in [0.15, 0.2) is 18.2 Å². The summed E-state index contributed by atoms with van der Waals surface area (Å²) < 4.78 is 11.2. The Labute approximate surface area is 150 Å². The predicted octanol–water partition coefficient (Wildman–Crippen LogP) is 3.11. The third-order valence-electron chi connectivity index (χ3n) is 4.39. The first-order valence-electron chi connectivity index (χ1n) is 8.33. The summed E-state index contributed by atoms with van der Waals surface area (Å²) in [4.78, 5) is 14.7. The molecule has 0 spiro atoms. The van der Waals surface area contributed by atoms with E-state index in [1.807, 2.05) is 24.8 Å². The molecule has 1 saturated heterocycles. The van der Waals surface area contributed by atoms with E-state index in [2.05, 4.69) is 13.8 Å². The molecular weight excluding hydrogens is 328 g/mol. The number of nitrogens with two attached hydrogens (primary N) is 1.